The molecule has 12 rings (SSSR count). The fraction of sp³-hybridized carbons (Fsp3) is 0.0196. The molecule has 1 aliphatic rings. The molecule has 1 atom stereocenters. The third kappa shape index (κ3) is 4.94. The van der Waals surface area contributed by atoms with E-state index < -0.39 is 0 Å². The van der Waals surface area contributed by atoms with Gasteiger partial charge >= 0.3 is 0 Å². The first kappa shape index (κ1) is 32.0. The van der Waals surface area contributed by atoms with Gasteiger partial charge in [-0.3, -0.25) is 0 Å². The molecule has 0 radical (unpaired) electrons. The second-order valence-electron chi connectivity index (χ2n) is 14.5. The fourth-order valence-electron chi connectivity index (χ4n) is 8.74. The summed E-state index contributed by atoms with van der Waals surface area (Å²) in [7, 11) is 0. The van der Waals surface area contributed by atoms with E-state index in [1.807, 2.05) is 35.6 Å². The number of amidine groups is 2. The normalized spacial score (nSPS) is 14.5. The molecule has 57 heavy (non-hydrogen) atoms. The molecule has 0 spiro atoms. The summed E-state index contributed by atoms with van der Waals surface area (Å²) in [5, 5.41) is 10.8. The van der Waals surface area contributed by atoms with E-state index in [9.17, 15) is 0 Å². The van der Waals surface area contributed by atoms with Crippen molar-refractivity contribution in [1.29, 1.82) is 0 Å². The van der Waals surface area contributed by atoms with Crippen molar-refractivity contribution >= 4 is 86.9 Å². The number of aromatic nitrogens is 1. The molecule has 0 saturated carbocycles. The quantitative estimate of drug-likeness (QED) is 0.191. The summed E-state index contributed by atoms with van der Waals surface area (Å²) in [5.74, 6) is 1.53. The van der Waals surface area contributed by atoms with Gasteiger partial charge in [-0.15, -0.1) is 11.3 Å². The van der Waals surface area contributed by atoms with Crippen molar-refractivity contribution in [2.75, 3.05) is 0 Å². The molecule has 3 aromatic heterocycles. The van der Waals surface area contributed by atoms with Crippen LogP contribution in [-0.2, 0) is 0 Å². The number of furan rings is 1. The average molecular weight is 749 g/mol. The number of hydrogen-bond acceptors (Lipinski definition) is 5. The van der Waals surface area contributed by atoms with Crippen molar-refractivity contribution in [3.63, 3.8) is 0 Å². The molecule has 6 heteroatoms. The summed E-state index contributed by atoms with van der Waals surface area (Å²) in [4.78, 5) is 10.3. The highest BCUT2D eigenvalue weighted by Gasteiger charge is 2.25. The van der Waals surface area contributed by atoms with Crippen molar-refractivity contribution < 1.29 is 4.42 Å². The Morgan fingerprint density at radius 3 is 1.84 bits per heavy atom. The average Bonchev–Trinajstić information content (AvgIpc) is 3.97. The molecule has 0 saturated heterocycles. The minimum atomic E-state index is -0.270. The Morgan fingerprint density at radius 2 is 1.09 bits per heavy atom. The monoisotopic (exact) mass is 748 g/mol. The molecular weight excluding hydrogens is 717 g/mol. The highest BCUT2D eigenvalue weighted by Crippen LogP contribution is 2.46. The number of aliphatic imine (C=N–C) groups is 2. The van der Waals surface area contributed by atoms with E-state index in [1.54, 1.807) is 0 Å². The van der Waals surface area contributed by atoms with E-state index in [0.717, 1.165) is 72.6 Å². The third-order valence-electron chi connectivity index (χ3n) is 11.3. The van der Waals surface area contributed by atoms with Gasteiger partial charge in [0.1, 0.15) is 17.6 Å². The van der Waals surface area contributed by atoms with Crippen LogP contribution in [0.25, 0.3) is 80.7 Å². The maximum Gasteiger partial charge on any atom is 0.159 e. The number of thiophene rings is 1. The lowest BCUT2D eigenvalue weighted by Gasteiger charge is -2.24. The molecule has 0 bridgehead atoms. The zero-order valence-corrected chi connectivity index (χ0v) is 31.4. The Kier molecular flexibility index (Phi) is 7.09. The molecule has 1 unspecified atom stereocenters. The second kappa shape index (κ2) is 12.6. The van der Waals surface area contributed by atoms with Crippen LogP contribution in [0.2, 0.25) is 0 Å². The Morgan fingerprint density at radius 1 is 0.509 bits per heavy atom. The molecule has 5 nitrogen and oxygen atoms in total. The van der Waals surface area contributed by atoms with Crippen molar-refractivity contribution in [3.8, 4) is 16.8 Å². The first-order valence-electron chi connectivity index (χ1n) is 19.2. The van der Waals surface area contributed by atoms with Crippen LogP contribution < -0.4 is 5.32 Å². The van der Waals surface area contributed by atoms with Crippen molar-refractivity contribution in [2.24, 2.45) is 9.98 Å². The van der Waals surface area contributed by atoms with E-state index >= 15 is 0 Å². The number of rotatable bonds is 5. The Bertz CT molecular complexity index is 3390. The number of para-hydroxylation sites is 3. The molecule has 0 aliphatic carbocycles. The van der Waals surface area contributed by atoms with Crippen LogP contribution in [0.4, 0.5) is 0 Å². The van der Waals surface area contributed by atoms with Gasteiger partial charge in [0.15, 0.2) is 11.4 Å². The maximum absolute atomic E-state index is 6.88. The van der Waals surface area contributed by atoms with Gasteiger partial charge in [-0.25, -0.2) is 9.98 Å². The van der Waals surface area contributed by atoms with E-state index in [4.69, 9.17) is 14.4 Å². The number of nitrogens with zero attached hydrogens (tertiary/aromatic N) is 3. The molecule has 268 valence electrons. The molecule has 1 N–H and O–H groups in total. The zero-order valence-electron chi connectivity index (χ0n) is 30.6. The van der Waals surface area contributed by atoms with Crippen LogP contribution in [0.3, 0.4) is 0 Å². The lowest BCUT2D eigenvalue weighted by Crippen LogP contribution is -2.33. The first-order valence-corrected chi connectivity index (χ1v) is 20.0. The summed E-state index contributed by atoms with van der Waals surface area (Å²) in [6.45, 7) is 0. The largest absolute Gasteiger partial charge is 0.454 e. The number of benzene rings is 8. The lowest BCUT2D eigenvalue weighted by molar-refractivity contribution is 0.666. The highest BCUT2D eigenvalue weighted by atomic mass is 32.1. The van der Waals surface area contributed by atoms with Crippen molar-refractivity contribution in [2.45, 2.75) is 6.17 Å². The van der Waals surface area contributed by atoms with Crippen LogP contribution in [-0.4, -0.2) is 16.2 Å². The predicted molar refractivity (Wildman–Crippen MR) is 238 cm³/mol. The van der Waals surface area contributed by atoms with E-state index in [0.29, 0.717) is 0 Å². The molecule has 4 heterocycles. The van der Waals surface area contributed by atoms with Gasteiger partial charge in [0.05, 0.1) is 16.7 Å². The van der Waals surface area contributed by atoms with Crippen LogP contribution in [0, 0.1) is 0 Å². The van der Waals surface area contributed by atoms with Gasteiger partial charge in [0.25, 0.3) is 0 Å². The Labute approximate surface area is 331 Å². The maximum atomic E-state index is 6.88. The Balaban J connectivity index is 1.05. The number of nitrogens with one attached hydrogen (secondary N) is 1. The van der Waals surface area contributed by atoms with Crippen LogP contribution >= 0.6 is 11.3 Å². The fourth-order valence-corrected chi connectivity index (χ4v) is 10.1. The minimum Gasteiger partial charge on any atom is -0.454 e. The number of hydrogen-bond donors (Lipinski definition) is 1. The van der Waals surface area contributed by atoms with E-state index in [-0.39, 0.29) is 6.17 Å². The number of fused-ring (bicyclic) bond motifs is 9. The second-order valence-corrected chi connectivity index (χ2v) is 15.5. The SMILES string of the molecule is c1ccc(C2=NC(c3ccccc3)NC(c3cccc4c3sc3c(-c5cccc6oc7c(-n8c9ccccc9c9ccccc98)cccc7c56)cccc34)=N2)cc1. The third-order valence-corrected chi connectivity index (χ3v) is 12.6. The van der Waals surface area contributed by atoms with Crippen LogP contribution in [0.1, 0.15) is 22.9 Å². The minimum absolute atomic E-state index is 0.270. The predicted octanol–water partition coefficient (Wildman–Crippen LogP) is 13.2. The molecule has 8 aromatic carbocycles. The molecule has 1 aliphatic heterocycles. The van der Waals surface area contributed by atoms with Crippen LogP contribution in [0.5, 0.6) is 0 Å². The van der Waals surface area contributed by atoms with Gasteiger partial charge in [0.2, 0.25) is 0 Å². The summed E-state index contributed by atoms with van der Waals surface area (Å²) in [6.07, 6.45) is -0.270. The van der Waals surface area contributed by atoms with Crippen molar-refractivity contribution in [3.05, 3.63) is 199 Å². The first-order chi connectivity index (χ1) is 28.3. The van der Waals surface area contributed by atoms with Crippen molar-refractivity contribution in [1.82, 2.24) is 9.88 Å². The molecule has 0 fully saturated rings. The van der Waals surface area contributed by atoms with E-state index in [2.05, 4.69) is 168 Å². The van der Waals surface area contributed by atoms with E-state index in [1.165, 1.54) is 36.5 Å². The highest BCUT2D eigenvalue weighted by molar-refractivity contribution is 7.26. The van der Waals surface area contributed by atoms with Gasteiger partial charge in [-0.1, -0.05) is 152 Å². The zero-order chi connectivity index (χ0) is 37.5. The summed E-state index contributed by atoms with van der Waals surface area (Å²) < 4.78 is 11.6. The summed E-state index contributed by atoms with van der Waals surface area (Å²) >= 11 is 1.82. The van der Waals surface area contributed by atoms with Gasteiger partial charge in [-0.05, 0) is 41.5 Å². The lowest BCUT2D eigenvalue weighted by atomic mass is 9.97. The van der Waals surface area contributed by atoms with Gasteiger partial charge in [0, 0.05) is 58.4 Å². The summed E-state index contributed by atoms with van der Waals surface area (Å²) in [6, 6.07) is 64.1. The summed E-state index contributed by atoms with van der Waals surface area (Å²) in [5.41, 5.74) is 10.6. The molecule has 11 aromatic rings. The van der Waals surface area contributed by atoms with Gasteiger partial charge in [-0.2, -0.15) is 0 Å². The molecule has 0 amide bonds. The smallest absolute Gasteiger partial charge is 0.159 e. The standard InChI is InChI=1S/C51H32N4OS/c1-3-15-31(16-4-1)49-52-50(32-17-5-2-6-18-32)54-51(53-49)40-26-12-24-38-37-23-11-22-36(47(37)57-48(38)40)35-21-14-30-44-45(35)39-25-13-29-43(46(39)56-44)55-41-27-9-7-19-33(41)34-20-8-10-28-42(34)55/h1-30,49H,(H,52,53,54). The van der Waals surface area contributed by atoms with Gasteiger partial charge < -0.3 is 14.3 Å². The van der Waals surface area contributed by atoms with Crippen LogP contribution in [0.15, 0.2) is 196 Å². The molecular formula is C51H32N4OS. The Hall–Kier alpha value is -7.28. The topological polar surface area (TPSA) is 54.8 Å².